The van der Waals surface area contributed by atoms with Crippen LogP contribution in [0.3, 0.4) is 0 Å². The van der Waals surface area contributed by atoms with Crippen LogP contribution in [0.5, 0.6) is 0 Å². The standard InChI is InChI=1S/C32H34/c1-21-18-22(2)26-16-17-28-31-25(14-9-15-27(31)23-10-5-3-6-11-23)20-29(32(28)30(26)19-21)24-12-7-4-8-13-24/h4,7-8,12-13,16-20,23,27H,3,5-6,9-11,14-15H2,1-2H3. The van der Waals surface area contributed by atoms with E-state index in [1.54, 1.807) is 11.1 Å². The van der Waals surface area contributed by atoms with Crippen molar-refractivity contribution in [1.82, 2.24) is 0 Å². The molecule has 32 heavy (non-hydrogen) atoms. The molecule has 1 saturated carbocycles. The first kappa shape index (κ1) is 20.0. The van der Waals surface area contributed by atoms with Gasteiger partial charge in [0.2, 0.25) is 0 Å². The predicted octanol–water partition coefficient (Wildman–Crippen LogP) is 9.28. The maximum atomic E-state index is 2.58. The Balaban J connectivity index is 1.70. The molecule has 6 rings (SSSR count). The molecule has 1 unspecified atom stereocenters. The van der Waals surface area contributed by atoms with Crippen molar-refractivity contribution in [3.05, 3.63) is 82.9 Å². The van der Waals surface area contributed by atoms with Gasteiger partial charge >= 0.3 is 0 Å². The van der Waals surface area contributed by atoms with Crippen molar-refractivity contribution in [3.8, 4) is 11.1 Å². The van der Waals surface area contributed by atoms with Crippen LogP contribution in [0, 0.1) is 19.8 Å². The highest BCUT2D eigenvalue weighted by Crippen LogP contribution is 2.49. The fraction of sp³-hybridized carbons (Fsp3) is 0.375. The normalized spacial score (nSPS) is 19.4. The average molecular weight is 419 g/mol. The number of hydrogen-bond acceptors (Lipinski definition) is 0. The lowest BCUT2D eigenvalue weighted by atomic mass is 9.68. The molecule has 0 saturated heterocycles. The Morgan fingerprint density at radius 3 is 2.28 bits per heavy atom. The maximum absolute atomic E-state index is 2.58. The van der Waals surface area contributed by atoms with Gasteiger partial charge in [0.15, 0.2) is 0 Å². The van der Waals surface area contributed by atoms with E-state index < -0.39 is 0 Å². The molecule has 1 fully saturated rings. The molecule has 0 aromatic heterocycles. The van der Waals surface area contributed by atoms with Crippen LogP contribution in [-0.4, -0.2) is 0 Å². The maximum Gasteiger partial charge on any atom is -0.00235 e. The van der Waals surface area contributed by atoms with Crippen LogP contribution in [0.25, 0.3) is 32.7 Å². The van der Waals surface area contributed by atoms with Gasteiger partial charge in [-0.3, -0.25) is 0 Å². The summed E-state index contributed by atoms with van der Waals surface area (Å²) in [7, 11) is 0. The first-order valence-electron chi connectivity index (χ1n) is 12.8. The van der Waals surface area contributed by atoms with E-state index in [9.17, 15) is 0 Å². The van der Waals surface area contributed by atoms with Crippen molar-refractivity contribution in [3.63, 3.8) is 0 Å². The van der Waals surface area contributed by atoms with Gasteiger partial charge in [-0.05, 0) is 107 Å². The fourth-order valence-electron chi connectivity index (χ4n) is 6.97. The second-order valence-electron chi connectivity index (χ2n) is 10.4. The highest BCUT2D eigenvalue weighted by atomic mass is 14.4. The first-order valence-corrected chi connectivity index (χ1v) is 12.8. The number of benzene rings is 4. The Kier molecular flexibility index (Phi) is 5.05. The van der Waals surface area contributed by atoms with Gasteiger partial charge in [0.05, 0.1) is 0 Å². The van der Waals surface area contributed by atoms with Gasteiger partial charge in [0.1, 0.15) is 0 Å². The van der Waals surface area contributed by atoms with Crippen molar-refractivity contribution >= 4 is 21.5 Å². The molecule has 0 bridgehead atoms. The molecular formula is C32H34. The number of hydrogen-bond donors (Lipinski definition) is 0. The zero-order valence-corrected chi connectivity index (χ0v) is 19.6. The SMILES string of the molecule is Cc1cc(C)c2ccc3c4c(cc(-c5ccccc5)c3c2c1)CCCC4C1CCCCC1. The van der Waals surface area contributed by atoms with Crippen molar-refractivity contribution in [2.45, 2.75) is 71.1 Å². The van der Waals surface area contributed by atoms with E-state index in [2.05, 4.69) is 74.5 Å². The summed E-state index contributed by atoms with van der Waals surface area (Å²) in [6.45, 7) is 4.52. The van der Waals surface area contributed by atoms with Crippen LogP contribution in [0.1, 0.15) is 73.1 Å². The molecule has 0 aliphatic heterocycles. The van der Waals surface area contributed by atoms with Gasteiger partial charge in [-0.1, -0.05) is 85.5 Å². The fourth-order valence-corrected chi connectivity index (χ4v) is 6.97. The molecule has 4 aromatic rings. The van der Waals surface area contributed by atoms with Crippen molar-refractivity contribution in [1.29, 1.82) is 0 Å². The van der Waals surface area contributed by atoms with Gasteiger partial charge in [-0.25, -0.2) is 0 Å². The van der Waals surface area contributed by atoms with Gasteiger partial charge in [-0.15, -0.1) is 0 Å². The third kappa shape index (κ3) is 3.27. The van der Waals surface area contributed by atoms with E-state index >= 15 is 0 Å². The van der Waals surface area contributed by atoms with Crippen LogP contribution in [0.2, 0.25) is 0 Å². The minimum absolute atomic E-state index is 0.745. The molecule has 0 N–H and O–H groups in total. The smallest absolute Gasteiger partial charge is 0.00235 e. The number of aryl methyl sites for hydroxylation is 3. The third-order valence-corrected chi connectivity index (χ3v) is 8.35. The molecule has 0 nitrogen and oxygen atoms in total. The van der Waals surface area contributed by atoms with E-state index in [1.165, 1.54) is 95.2 Å². The van der Waals surface area contributed by atoms with Crippen LogP contribution < -0.4 is 0 Å². The summed E-state index contributed by atoms with van der Waals surface area (Å²) >= 11 is 0. The lowest BCUT2D eigenvalue weighted by Crippen LogP contribution is -2.21. The summed E-state index contributed by atoms with van der Waals surface area (Å²) in [6, 6.07) is 23.3. The molecule has 0 radical (unpaired) electrons. The number of rotatable bonds is 2. The lowest BCUT2D eigenvalue weighted by Gasteiger charge is -2.36. The number of fused-ring (bicyclic) bond motifs is 5. The summed E-state index contributed by atoms with van der Waals surface area (Å²) in [5.74, 6) is 1.62. The Bertz CT molecular complexity index is 1290. The summed E-state index contributed by atoms with van der Waals surface area (Å²) in [4.78, 5) is 0. The van der Waals surface area contributed by atoms with Gasteiger partial charge in [-0.2, -0.15) is 0 Å². The second kappa shape index (κ2) is 8.07. The Morgan fingerprint density at radius 2 is 1.47 bits per heavy atom. The largest absolute Gasteiger partial charge is 0.0622 e. The summed E-state index contributed by atoms with van der Waals surface area (Å²) < 4.78 is 0. The molecule has 162 valence electrons. The molecule has 0 amide bonds. The second-order valence-corrected chi connectivity index (χ2v) is 10.4. The predicted molar refractivity (Wildman–Crippen MR) is 139 cm³/mol. The van der Waals surface area contributed by atoms with Crippen LogP contribution in [0.4, 0.5) is 0 Å². The first-order chi connectivity index (χ1) is 15.7. The van der Waals surface area contributed by atoms with Crippen LogP contribution in [-0.2, 0) is 6.42 Å². The molecule has 1 atom stereocenters. The highest BCUT2D eigenvalue weighted by Gasteiger charge is 2.31. The molecule has 2 aliphatic carbocycles. The Hall–Kier alpha value is -2.60. The monoisotopic (exact) mass is 418 g/mol. The molecule has 4 aromatic carbocycles. The van der Waals surface area contributed by atoms with Gasteiger partial charge in [0, 0.05) is 0 Å². The quantitative estimate of drug-likeness (QED) is 0.284. The Labute approximate surface area is 192 Å². The summed E-state index contributed by atoms with van der Waals surface area (Å²) in [5, 5.41) is 5.87. The lowest BCUT2D eigenvalue weighted by molar-refractivity contribution is 0.285. The van der Waals surface area contributed by atoms with E-state index in [0.717, 1.165) is 11.8 Å². The molecule has 0 heteroatoms. The van der Waals surface area contributed by atoms with Crippen LogP contribution in [0.15, 0.2) is 60.7 Å². The van der Waals surface area contributed by atoms with Gasteiger partial charge in [0.25, 0.3) is 0 Å². The van der Waals surface area contributed by atoms with E-state index in [4.69, 9.17) is 0 Å². The molecule has 2 aliphatic rings. The average Bonchev–Trinajstić information content (AvgIpc) is 2.83. The van der Waals surface area contributed by atoms with Crippen molar-refractivity contribution in [2.24, 2.45) is 5.92 Å². The topological polar surface area (TPSA) is 0 Å². The molecule has 0 heterocycles. The van der Waals surface area contributed by atoms with Crippen molar-refractivity contribution < 1.29 is 0 Å². The van der Waals surface area contributed by atoms with Gasteiger partial charge < -0.3 is 0 Å². The minimum atomic E-state index is 0.745. The van der Waals surface area contributed by atoms with Crippen LogP contribution >= 0.6 is 0 Å². The highest BCUT2D eigenvalue weighted by molar-refractivity contribution is 6.16. The van der Waals surface area contributed by atoms with Crippen molar-refractivity contribution in [2.75, 3.05) is 0 Å². The zero-order chi connectivity index (χ0) is 21.7. The molecular weight excluding hydrogens is 384 g/mol. The summed E-state index contributed by atoms with van der Waals surface area (Å²) in [5.41, 5.74) is 8.87. The Morgan fingerprint density at radius 1 is 0.688 bits per heavy atom. The van der Waals surface area contributed by atoms with E-state index in [1.807, 2.05) is 0 Å². The zero-order valence-electron chi connectivity index (χ0n) is 19.6. The third-order valence-electron chi connectivity index (χ3n) is 8.35. The summed E-state index contributed by atoms with van der Waals surface area (Å²) in [6.07, 6.45) is 11.1. The van der Waals surface area contributed by atoms with E-state index in [-0.39, 0.29) is 0 Å². The van der Waals surface area contributed by atoms with E-state index in [0.29, 0.717) is 0 Å². The molecule has 0 spiro atoms. The minimum Gasteiger partial charge on any atom is -0.0622 e.